The fourth-order valence-corrected chi connectivity index (χ4v) is 4.60. The van der Waals surface area contributed by atoms with Crippen molar-refractivity contribution in [3.05, 3.63) is 90.0 Å². The van der Waals surface area contributed by atoms with Gasteiger partial charge in [-0.05, 0) is 29.9 Å². The Labute approximate surface area is 210 Å². The first kappa shape index (κ1) is 24.7. The third-order valence-electron chi connectivity index (χ3n) is 6.19. The summed E-state index contributed by atoms with van der Waals surface area (Å²) in [6.07, 6.45) is 4.40. The minimum atomic E-state index is -0.860. The molecule has 2 heterocycles. The van der Waals surface area contributed by atoms with Gasteiger partial charge in [-0.1, -0.05) is 66.6 Å². The molecule has 4 rings (SSSR count). The van der Waals surface area contributed by atoms with Gasteiger partial charge in [0.2, 0.25) is 17.7 Å². The SMILES string of the molecule is CC(=O)N[C@@H](C(=O)N1CCC[C@H]1C(=O)NCC#Cc1cnc[nH]1)C(c1ccccc1)c1ccccc1. The zero-order chi connectivity index (χ0) is 25.3. The van der Waals surface area contributed by atoms with E-state index in [1.54, 1.807) is 11.1 Å². The van der Waals surface area contributed by atoms with Crippen LogP contribution < -0.4 is 10.6 Å². The first-order valence-corrected chi connectivity index (χ1v) is 12.0. The summed E-state index contributed by atoms with van der Waals surface area (Å²) in [6.45, 7) is 2.01. The zero-order valence-electron chi connectivity index (χ0n) is 20.1. The summed E-state index contributed by atoms with van der Waals surface area (Å²) in [5, 5.41) is 5.70. The molecule has 3 N–H and O–H groups in total. The largest absolute Gasteiger partial charge is 0.344 e. The number of H-pyrrole nitrogens is 1. The van der Waals surface area contributed by atoms with Crippen LogP contribution in [0.2, 0.25) is 0 Å². The predicted molar refractivity (Wildman–Crippen MR) is 136 cm³/mol. The number of likely N-dealkylation sites (tertiary alicyclic amines) is 1. The molecule has 0 radical (unpaired) electrons. The Bertz CT molecular complexity index is 1190. The normalized spacial score (nSPS) is 15.6. The van der Waals surface area contributed by atoms with Crippen LogP contribution in [-0.4, -0.2) is 57.8 Å². The van der Waals surface area contributed by atoms with E-state index in [-0.39, 0.29) is 24.3 Å². The first-order chi connectivity index (χ1) is 17.5. The number of aromatic amines is 1. The molecule has 8 nitrogen and oxygen atoms in total. The molecule has 36 heavy (non-hydrogen) atoms. The lowest BCUT2D eigenvalue weighted by Crippen LogP contribution is -2.55. The van der Waals surface area contributed by atoms with Crippen LogP contribution in [0, 0.1) is 11.8 Å². The number of aromatic nitrogens is 2. The molecule has 1 aromatic heterocycles. The van der Waals surface area contributed by atoms with Gasteiger partial charge < -0.3 is 20.5 Å². The highest BCUT2D eigenvalue weighted by Crippen LogP contribution is 2.31. The smallest absolute Gasteiger partial charge is 0.246 e. The zero-order valence-corrected chi connectivity index (χ0v) is 20.1. The van der Waals surface area contributed by atoms with Crippen molar-refractivity contribution in [1.29, 1.82) is 0 Å². The second-order valence-electron chi connectivity index (χ2n) is 8.65. The highest BCUT2D eigenvalue weighted by molar-refractivity contribution is 5.93. The Morgan fingerprint density at radius 2 is 1.75 bits per heavy atom. The molecule has 0 unspecified atom stereocenters. The van der Waals surface area contributed by atoms with E-state index in [1.165, 1.54) is 13.3 Å². The van der Waals surface area contributed by atoms with E-state index in [0.717, 1.165) is 11.1 Å². The second kappa shape index (κ2) is 11.8. The first-order valence-electron chi connectivity index (χ1n) is 12.0. The number of rotatable bonds is 7. The molecule has 1 fully saturated rings. The van der Waals surface area contributed by atoms with E-state index >= 15 is 0 Å². The van der Waals surface area contributed by atoms with Crippen molar-refractivity contribution in [2.45, 2.75) is 37.8 Å². The molecule has 1 aliphatic rings. The fraction of sp³-hybridized carbons (Fsp3) is 0.286. The minimum absolute atomic E-state index is 0.155. The van der Waals surface area contributed by atoms with Crippen molar-refractivity contribution in [1.82, 2.24) is 25.5 Å². The molecule has 0 spiro atoms. The van der Waals surface area contributed by atoms with Gasteiger partial charge in [0.1, 0.15) is 17.8 Å². The van der Waals surface area contributed by atoms with Crippen LogP contribution in [0.3, 0.4) is 0 Å². The molecule has 3 aromatic rings. The summed E-state index contributed by atoms with van der Waals surface area (Å²) in [4.78, 5) is 47.6. The molecule has 8 heteroatoms. The van der Waals surface area contributed by atoms with Crippen LogP contribution in [0.25, 0.3) is 0 Å². The van der Waals surface area contributed by atoms with Gasteiger partial charge in [-0.15, -0.1) is 0 Å². The molecular formula is C28H29N5O3. The molecule has 2 aromatic carbocycles. The maximum Gasteiger partial charge on any atom is 0.246 e. The van der Waals surface area contributed by atoms with Gasteiger partial charge in [-0.2, -0.15) is 0 Å². The Morgan fingerprint density at radius 1 is 1.08 bits per heavy atom. The van der Waals surface area contributed by atoms with E-state index in [4.69, 9.17) is 0 Å². The van der Waals surface area contributed by atoms with Crippen LogP contribution in [0.1, 0.15) is 42.5 Å². The highest BCUT2D eigenvalue weighted by Gasteiger charge is 2.41. The van der Waals surface area contributed by atoms with E-state index in [1.807, 2.05) is 60.7 Å². The number of imidazole rings is 1. The monoisotopic (exact) mass is 483 g/mol. The Hall–Kier alpha value is -4.38. The number of carbonyl (C=O) groups is 3. The third-order valence-corrected chi connectivity index (χ3v) is 6.19. The molecule has 3 amide bonds. The van der Waals surface area contributed by atoms with Crippen LogP contribution >= 0.6 is 0 Å². The van der Waals surface area contributed by atoms with E-state index in [9.17, 15) is 14.4 Å². The van der Waals surface area contributed by atoms with Crippen molar-refractivity contribution in [2.24, 2.45) is 0 Å². The fourth-order valence-electron chi connectivity index (χ4n) is 4.60. The van der Waals surface area contributed by atoms with E-state index in [0.29, 0.717) is 25.1 Å². The standard InChI is InChI=1S/C28H29N5O3/c1-20(34)32-26(25(21-10-4-2-5-11-21)22-12-6-3-7-13-22)28(36)33-17-9-15-24(33)27(35)30-16-8-14-23-18-29-19-31-23/h2-7,10-13,18-19,24-26H,9,15-17H2,1H3,(H,29,31)(H,30,35)(H,32,34)/t24-,26+/m0/s1. The topological polar surface area (TPSA) is 107 Å². The number of hydrogen-bond acceptors (Lipinski definition) is 4. The quantitative estimate of drug-likeness (QED) is 0.448. The molecule has 0 aliphatic carbocycles. The van der Waals surface area contributed by atoms with E-state index < -0.39 is 18.0 Å². The van der Waals surface area contributed by atoms with Gasteiger partial charge >= 0.3 is 0 Å². The summed E-state index contributed by atoms with van der Waals surface area (Å²) >= 11 is 0. The molecule has 184 valence electrons. The van der Waals surface area contributed by atoms with E-state index in [2.05, 4.69) is 32.4 Å². The number of nitrogens with one attached hydrogen (secondary N) is 3. The lowest BCUT2D eigenvalue weighted by Gasteiger charge is -2.33. The van der Waals surface area contributed by atoms with Gasteiger partial charge in [-0.3, -0.25) is 14.4 Å². The van der Waals surface area contributed by atoms with Crippen LogP contribution in [0.4, 0.5) is 0 Å². The van der Waals surface area contributed by atoms with Gasteiger partial charge in [0.15, 0.2) is 0 Å². The van der Waals surface area contributed by atoms with Gasteiger partial charge in [0.25, 0.3) is 0 Å². The van der Waals surface area contributed by atoms with Crippen LogP contribution in [0.15, 0.2) is 73.2 Å². The average molecular weight is 484 g/mol. The van der Waals surface area contributed by atoms with Gasteiger partial charge in [-0.25, -0.2) is 4.98 Å². The Kier molecular flexibility index (Phi) is 8.14. The molecule has 0 bridgehead atoms. The van der Waals surface area contributed by atoms with Crippen molar-refractivity contribution >= 4 is 17.7 Å². The van der Waals surface area contributed by atoms with Crippen LogP contribution in [-0.2, 0) is 14.4 Å². The second-order valence-corrected chi connectivity index (χ2v) is 8.65. The lowest BCUT2D eigenvalue weighted by molar-refractivity contribution is -0.141. The van der Waals surface area contributed by atoms with Crippen molar-refractivity contribution < 1.29 is 14.4 Å². The minimum Gasteiger partial charge on any atom is -0.344 e. The molecule has 0 saturated carbocycles. The molecule has 1 aliphatic heterocycles. The molecular weight excluding hydrogens is 454 g/mol. The molecule has 2 atom stereocenters. The average Bonchev–Trinajstić information content (AvgIpc) is 3.59. The summed E-state index contributed by atoms with van der Waals surface area (Å²) in [5.41, 5.74) is 2.48. The summed E-state index contributed by atoms with van der Waals surface area (Å²) in [6, 6.07) is 17.8. The summed E-state index contributed by atoms with van der Waals surface area (Å²) in [7, 11) is 0. The third kappa shape index (κ3) is 5.99. The number of benzene rings is 2. The predicted octanol–water partition coefficient (Wildman–Crippen LogP) is 2.21. The lowest BCUT2D eigenvalue weighted by atomic mass is 9.84. The van der Waals surface area contributed by atoms with Crippen molar-refractivity contribution in [3.63, 3.8) is 0 Å². The maximum atomic E-state index is 14.0. The molecule has 1 saturated heterocycles. The summed E-state index contributed by atoms with van der Waals surface area (Å²) in [5.74, 6) is 4.53. The summed E-state index contributed by atoms with van der Waals surface area (Å²) < 4.78 is 0. The number of hydrogen-bond donors (Lipinski definition) is 3. The number of nitrogens with zero attached hydrogens (tertiary/aromatic N) is 2. The highest BCUT2D eigenvalue weighted by atomic mass is 16.2. The van der Waals surface area contributed by atoms with Crippen LogP contribution in [0.5, 0.6) is 0 Å². The number of carbonyl (C=O) groups excluding carboxylic acids is 3. The van der Waals surface area contributed by atoms with Crippen molar-refractivity contribution in [2.75, 3.05) is 13.1 Å². The van der Waals surface area contributed by atoms with Gasteiger partial charge in [0.05, 0.1) is 19.1 Å². The van der Waals surface area contributed by atoms with Crippen molar-refractivity contribution in [3.8, 4) is 11.8 Å². The Balaban J connectivity index is 1.56. The maximum absolute atomic E-state index is 14.0. The van der Waals surface area contributed by atoms with Gasteiger partial charge in [0, 0.05) is 19.4 Å². The Morgan fingerprint density at radius 3 is 2.33 bits per heavy atom. The number of amides is 3.